The standard InChI is InChI=1S/C16H16N4/c1-11-6-7-15(12(2)8-11)16-10-20(19-18-16)14-5-3-4-13(17)9-14/h3-10H,17H2,1-2H3. The molecular weight excluding hydrogens is 248 g/mol. The van der Waals surface area contributed by atoms with Crippen molar-refractivity contribution < 1.29 is 0 Å². The number of aryl methyl sites for hydroxylation is 2. The first-order chi connectivity index (χ1) is 9.63. The normalized spacial score (nSPS) is 10.7. The van der Waals surface area contributed by atoms with Crippen LogP contribution < -0.4 is 5.73 Å². The van der Waals surface area contributed by atoms with Gasteiger partial charge in [0.1, 0.15) is 5.69 Å². The molecule has 2 aromatic carbocycles. The molecule has 1 aromatic heterocycles. The maximum atomic E-state index is 5.79. The van der Waals surface area contributed by atoms with E-state index in [2.05, 4.69) is 42.4 Å². The molecule has 0 spiro atoms. The van der Waals surface area contributed by atoms with E-state index < -0.39 is 0 Å². The van der Waals surface area contributed by atoms with Crippen LogP contribution in [-0.2, 0) is 0 Å². The molecule has 3 aromatic rings. The van der Waals surface area contributed by atoms with Crippen molar-refractivity contribution in [2.24, 2.45) is 0 Å². The van der Waals surface area contributed by atoms with Crippen molar-refractivity contribution in [3.8, 4) is 16.9 Å². The van der Waals surface area contributed by atoms with Crippen LogP contribution in [0.3, 0.4) is 0 Å². The second-order valence-electron chi connectivity index (χ2n) is 4.96. The van der Waals surface area contributed by atoms with Gasteiger partial charge in [-0.2, -0.15) is 0 Å². The molecule has 0 radical (unpaired) electrons. The summed E-state index contributed by atoms with van der Waals surface area (Å²) in [6.07, 6.45) is 1.92. The van der Waals surface area contributed by atoms with Gasteiger partial charge in [0.05, 0.1) is 11.9 Å². The summed E-state index contributed by atoms with van der Waals surface area (Å²) < 4.78 is 1.74. The molecular formula is C16H16N4. The molecule has 0 bridgehead atoms. The highest BCUT2D eigenvalue weighted by molar-refractivity contribution is 5.63. The third-order valence-electron chi connectivity index (χ3n) is 3.29. The minimum Gasteiger partial charge on any atom is -0.399 e. The molecule has 0 aliphatic carbocycles. The van der Waals surface area contributed by atoms with E-state index in [0.717, 1.165) is 16.9 Å². The Morgan fingerprint density at radius 1 is 1.05 bits per heavy atom. The van der Waals surface area contributed by atoms with Gasteiger partial charge in [0.25, 0.3) is 0 Å². The lowest BCUT2D eigenvalue weighted by molar-refractivity contribution is 0.804. The quantitative estimate of drug-likeness (QED) is 0.723. The minimum atomic E-state index is 0.714. The highest BCUT2D eigenvalue weighted by Gasteiger charge is 2.08. The van der Waals surface area contributed by atoms with Gasteiger partial charge < -0.3 is 5.73 Å². The van der Waals surface area contributed by atoms with Crippen molar-refractivity contribution >= 4 is 5.69 Å². The lowest BCUT2D eigenvalue weighted by atomic mass is 10.0. The zero-order valence-electron chi connectivity index (χ0n) is 11.5. The molecule has 1 heterocycles. The van der Waals surface area contributed by atoms with Gasteiger partial charge >= 0.3 is 0 Å². The largest absolute Gasteiger partial charge is 0.399 e. The molecule has 0 fully saturated rings. The Morgan fingerprint density at radius 2 is 1.90 bits per heavy atom. The van der Waals surface area contributed by atoms with Gasteiger partial charge in [-0.1, -0.05) is 35.0 Å². The van der Waals surface area contributed by atoms with Crippen molar-refractivity contribution in [3.05, 3.63) is 59.8 Å². The SMILES string of the molecule is Cc1ccc(-c2cn(-c3cccc(N)c3)nn2)c(C)c1. The number of nitrogen functional groups attached to an aromatic ring is 1. The molecule has 0 aliphatic rings. The number of nitrogens with zero attached hydrogens (tertiary/aromatic N) is 3. The van der Waals surface area contributed by atoms with Crippen LogP contribution in [0.25, 0.3) is 16.9 Å². The summed E-state index contributed by atoms with van der Waals surface area (Å²) in [6, 6.07) is 13.9. The number of hydrogen-bond acceptors (Lipinski definition) is 3. The van der Waals surface area contributed by atoms with E-state index in [1.54, 1.807) is 4.68 Å². The fraction of sp³-hybridized carbons (Fsp3) is 0.125. The Balaban J connectivity index is 2.02. The number of benzene rings is 2. The van der Waals surface area contributed by atoms with Gasteiger partial charge in [-0.25, -0.2) is 4.68 Å². The Morgan fingerprint density at radius 3 is 2.65 bits per heavy atom. The Labute approximate surface area is 117 Å². The van der Waals surface area contributed by atoms with Gasteiger partial charge in [0.15, 0.2) is 0 Å². The molecule has 0 amide bonds. The predicted molar refractivity (Wildman–Crippen MR) is 80.7 cm³/mol. The van der Waals surface area contributed by atoms with Crippen molar-refractivity contribution in [1.29, 1.82) is 0 Å². The van der Waals surface area contributed by atoms with Gasteiger partial charge in [0, 0.05) is 11.3 Å². The van der Waals surface area contributed by atoms with E-state index >= 15 is 0 Å². The number of aromatic nitrogens is 3. The molecule has 4 nitrogen and oxygen atoms in total. The summed E-state index contributed by atoms with van der Waals surface area (Å²) in [4.78, 5) is 0. The maximum absolute atomic E-state index is 5.79. The summed E-state index contributed by atoms with van der Waals surface area (Å²) >= 11 is 0. The Bertz CT molecular complexity index is 759. The zero-order valence-corrected chi connectivity index (χ0v) is 11.5. The topological polar surface area (TPSA) is 56.7 Å². The van der Waals surface area contributed by atoms with Crippen molar-refractivity contribution in [2.75, 3.05) is 5.73 Å². The van der Waals surface area contributed by atoms with Crippen LogP contribution in [0.15, 0.2) is 48.7 Å². The molecule has 2 N–H and O–H groups in total. The zero-order chi connectivity index (χ0) is 14.1. The maximum Gasteiger partial charge on any atom is 0.113 e. The average molecular weight is 264 g/mol. The van der Waals surface area contributed by atoms with Crippen LogP contribution in [0.5, 0.6) is 0 Å². The lowest BCUT2D eigenvalue weighted by Crippen LogP contribution is -1.95. The highest BCUT2D eigenvalue weighted by atomic mass is 15.4. The van der Waals surface area contributed by atoms with Gasteiger partial charge in [-0.3, -0.25) is 0 Å². The first-order valence-corrected chi connectivity index (χ1v) is 6.49. The lowest BCUT2D eigenvalue weighted by Gasteiger charge is -2.03. The molecule has 0 saturated heterocycles. The average Bonchev–Trinajstić information content (AvgIpc) is 2.88. The molecule has 0 saturated carbocycles. The van der Waals surface area contributed by atoms with Crippen LogP contribution in [0, 0.1) is 13.8 Å². The second-order valence-corrected chi connectivity index (χ2v) is 4.96. The van der Waals surface area contributed by atoms with Gasteiger partial charge in [-0.15, -0.1) is 5.10 Å². The molecule has 0 atom stereocenters. The smallest absolute Gasteiger partial charge is 0.113 e. The summed E-state index contributed by atoms with van der Waals surface area (Å²) in [5, 5.41) is 8.43. The van der Waals surface area contributed by atoms with E-state index in [-0.39, 0.29) is 0 Å². The number of nitrogens with two attached hydrogens (primary N) is 1. The van der Waals surface area contributed by atoms with E-state index in [9.17, 15) is 0 Å². The first kappa shape index (κ1) is 12.4. The molecule has 0 aliphatic heterocycles. The predicted octanol–water partition coefficient (Wildman–Crippen LogP) is 3.13. The van der Waals surface area contributed by atoms with E-state index in [0.29, 0.717) is 5.69 Å². The molecule has 3 rings (SSSR count). The summed E-state index contributed by atoms with van der Waals surface area (Å²) in [7, 11) is 0. The third-order valence-corrected chi connectivity index (χ3v) is 3.29. The van der Waals surface area contributed by atoms with E-state index in [1.807, 2.05) is 30.5 Å². The van der Waals surface area contributed by atoms with E-state index in [1.165, 1.54) is 11.1 Å². The first-order valence-electron chi connectivity index (χ1n) is 6.49. The summed E-state index contributed by atoms with van der Waals surface area (Å²) in [5.41, 5.74) is 11.8. The summed E-state index contributed by atoms with van der Waals surface area (Å²) in [6.45, 7) is 4.17. The van der Waals surface area contributed by atoms with Crippen molar-refractivity contribution in [3.63, 3.8) is 0 Å². The van der Waals surface area contributed by atoms with Crippen LogP contribution in [0.2, 0.25) is 0 Å². The van der Waals surface area contributed by atoms with Gasteiger partial charge in [0.2, 0.25) is 0 Å². The number of rotatable bonds is 2. The van der Waals surface area contributed by atoms with Gasteiger partial charge in [-0.05, 0) is 37.6 Å². The second kappa shape index (κ2) is 4.81. The fourth-order valence-corrected chi connectivity index (χ4v) is 2.28. The Hall–Kier alpha value is -2.62. The summed E-state index contributed by atoms with van der Waals surface area (Å²) in [5.74, 6) is 0. The van der Waals surface area contributed by atoms with Crippen molar-refractivity contribution in [1.82, 2.24) is 15.0 Å². The minimum absolute atomic E-state index is 0.714. The molecule has 4 heteroatoms. The number of hydrogen-bond donors (Lipinski definition) is 1. The monoisotopic (exact) mass is 264 g/mol. The Kier molecular flexibility index (Phi) is 2.99. The molecule has 0 unspecified atom stereocenters. The molecule has 20 heavy (non-hydrogen) atoms. The number of anilines is 1. The van der Waals surface area contributed by atoms with Crippen LogP contribution in [0.4, 0.5) is 5.69 Å². The van der Waals surface area contributed by atoms with Crippen LogP contribution >= 0.6 is 0 Å². The van der Waals surface area contributed by atoms with Crippen LogP contribution in [0.1, 0.15) is 11.1 Å². The van der Waals surface area contributed by atoms with Crippen LogP contribution in [-0.4, -0.2) is 15.0 Å². The highest BCUT2D eigenvalue weighted by Crippen LogP contribution is 2.23. The third kappa shape index (κ3) is 2.28. The molecule has 100 valence electrons. The van der Waals surface area contributed by atoms with Crippen molar-refractivity contribution in [2.45, 2.75) is 13.8 Å². The fourth-order valence-electron chi connectivity index (χ4n) is 2.28. The van der Waals surface area contributed by atoms with E-state index in [4.69, 9.17) is 5.73 Å².